The normalized spacial score (nSPS) is 15.6. The van der Waals surface area contributed by atoms with Gasteiger partial charge in [-0.2, -0.15) is 0 Å². The lowest BCUT2D eigenvalue weighted by molar-refractivity contribution is 0.0144. The fourth-order valence-electron chi connectivity index (χ4n) is 2.82. The zero-order valence-electron chi connectivity index (χ0n) is 12.0. The van der Waals surface area contributed by atoms with E-state index in [-0.39, 0.29) is 6.04 Å². The Hall–Kier alpha value is -1.00. The molecule has 1 aliphatic carbocycles. The Morgan fingerprint density at radius 2 is 2.05 bits per heavy atom. The van der Waals surface area contributed by atoms with Crippen molar-refractivity contribution in [1.82, 2.24) is 5.32 Å². The molecule has 0 amide bonds. The van der Waals surface area contributed by atoms with E-state index < -0.39 is 13.0 Å². The minimum Gasteiger partial charge on any atom is -0.375 e. The molecule has 2 rings (SSSR count). The zero-order chi connectivity index (χ0) is 14.4. The number of aryl methyl sites for hydroxylation is 2. The number of benzene rings is 1. The van der Waals surface area contributed by atoms with Crippen LogP contribution in [0.5, 0.6) is 0 Å². The minimum atomic E-state index is -2.38. The van der Waals surface area contributed by atoms with E-state index in [9.17, 15) is 8.78 Å². The van der Waals surface area contributed by atoms with Crippen molar-refractivity contribution in [2.75, 3.05) is 19.8 Å². The second-order valence-corrected chi connectivity index (χ2v) is 5.25. The van der Waals surface area contributed by atoms with Gasteiger partial charge in [-0.05, 0) is 48.9 Å². The van der Waals surface area contributed by atoms with E-state index in [0.29, 0.717) is 6.61 Å². The van der Waals surface area contributed by atoms with Gasteiger partial charge in [0.25, 0.3) is 6.43 Å². The molecule has 0 fully saturated rings. The van der Waals surface area contributed by atoms with E-state index in [4.69, 9.17) is 4.74 Å². The topological polar surface area (TPSA) is 21.3 Å². The van der Waals surface area contributed by atoms with Crippen LogP contribution in [0.15, 0.2) is 18.2 Å². The Morgan fingerprint density at radius 1 is 1.25 bits per heavy atom. The molecule has 0 spiro atoms. The summed E-state index contributed by atoms with van der Waals surface area (Å²) in [5.41, 5.74) is 4.14. The summed E-state index contributed by atoms with van der Waals surface area (Å²) in [6, 6.07) is 6.82. The van der Waals surface area contributed by atoms with Gasteiger partial charge < -0.3 is 10.1 Å². The highest BCUT2D eigenvalue weighted by atomic mass is 19.3. The number of alkyl halides is 2. The smallest absolute Gasteiger partial charge is 0.261 e. The number of rotatable bonds is 8. The first-order valence-corrected chi connectivity index (χ1v) is 7.41. The lowest BCUT2D eigenvalue weighted by Crippen LogP contribution is -2.23. The van der Waals surface area contributed by atoms with Crippen LogP contribution in [-0.2, 0) is 17.6 Å². The molecule has 0 saturated carbocycles. The highest BCUT2D eigenvalue weighted by molar-refractivity contribution is 5.36. The predicted octanol–water partition coefficient (Wildman–Crippen LogP) is 3.50. The highest BCUT2D eigenvalue weighted by Gasteiger charge is 2.15. The van der Waals surface area contributed by atoms with Gasteiger partial charge in [-0.25, -0.2) is 8.78 Å². The molecule has 1 N–H and O–H groups in total. The fourth-order valence-corrected chi connectivity index (χ4v) is 2.82. The van der Waals surface area contributed by atoms with Gasteiger partial charge in [-0.3, -0.25) is 0 Å². The van der Waals surface area contributed by atoms with Crippen LogP contribution in [0.2, 0.25) is 0 Å². The molecule has 0 bridgehead atoms. The van der Waals surface area contributed by atoms with Crippen molar-refractivity contribution in [2.45, 2.75) is 45.1 Å². The van der Waals surface area contributed by atoms with E-state index >= 15 is 0 Å². The maximum atomic E-state index is 12.0. The van der Waals surface area contributed by atoms with E-state index in [1.165, 1.54) is 29.5 Å². The van der Waals surface area contributed by atoms with Crippen molar-refractivity contribution in [1.29, 1.82) is 0 Å². The molecule has 0 heterocycles. The molecule has 1 aliphatic rings. The first-order chi connectivity index (χ1) is 9.70. The van der Waals surface area contributed by atoms with Crippen LogP contribution in [0, 0.1) is 0 Å². The van der Waals surface area contributed by atoms with Gasteiger partial charge in [0.2, 0.25) is 0 Å². The fraction of sp³-hybridized carbons (Fsp3) is 0.625. The van der Waals surface area contributed by atoms with Crippen LogP contribution in [0.3, 0.4) is 0 Å². The molecule has 0 aliphatic heterocycles. The molecule has 1 unspecified atom stereocenters. The molecule has 1 aromatic rings. The predicted molar refractivity (Wildman–Crippen MR) is 76.3 cm³/mol. The molecule has 0 saturated heterocycles. The van der Waals surface area contributed by atoms with Crippen LogP contribution in [0.1, 0.15) is 42.5 Å². The quantitative estimate of drug-likeness (QED) is 0.737. The molecule has 4 heteroatoms. The summed E-state index contributed by atoms with van der Waals surface area (Å²) in [5, 5.41) is 3.41. The Kier molecular flexibility index (Phi) is 5.92. The van der Waals surface area contributed by atoms with Crippen LogP contribution in [0.25, 0.3) is 0 Å². The van der Waals surface area contributed by atoms with Crippen molar-refractivity contribution in [3.63, 3.8) is 0 Å². The van der Waals surface area contributed by atoms with Gasteiger partial charge in [0, 0.05) is 12.6 Å². The van der Waals surface area contributed by atoms with E-state index in [1.54, 1.807) is 0 Å². The van der Waals surface area contributed by atoms with Gasteiger partial charge in [0.15, 0.2) is 0 Å². The average Bonchev–Trinajstić information content (AvgIpc) is 2.89. The summed E-state index contributed by atoms with van der Waals surface area (Å²) in [7, 11) is 0. The standard InChI is InChI=1S/C16H23F2NO/c1-2-19-15(8-9-20-11-16(17)18)14-7-6-12-4-3-5-13(12)10-14/h6-7,10,15-16,19H,2-5,8-9,11H2,1H3. The summed E-state index contributed by atoms with van der Waals surface area (Å²) in [6.45, 7) is 2.80. The molecule has 1 aromatic carbocycles. The largest absolute Gasteiger partial charge is 0.375 e. The van der Waals surface area contributed by atoms with Crippen molar-refractivity contribution in [2.24, 2.45) is 0 Å². The lowest BCUT2D eigenvalue weighted by Gasteiger charge is -2.19. The van der Waals surface area contributed by atoms with Crippen LogP contribution in [0.4, 0.5) is 8.78 Å². The van der Waals surface area contributed by atoms with Gasteiger partial charge in [-0.1, -0.05) is 25.1 Å². The average molecular weight is 283 g/mol. The maximum Gasteiger partial charge on any atom is 0.261 e. The first kappa shape index (κ1) is 15.4. The summed E-state index contributed by atoms with van der Waals surface area (Å²) in [6.07, 6.45) is 1.91. The highest BCUT2D eigenvalue weighted by Crippen LogP contribution is 2.26. The number of ether oxygens (including phenoxy) is 1. The third-order valence-corrected chi connectivity index (χ3v) is 3.77. The Morgan fingerprint density at radius 3 is 2.80 bits per heavy atom. The summed E-state index contributed by atoms with van der Waals surface area (Å²) < 4.78 is 29.1. The van der Waals surface area contributed by atoms with Gasteiger partial charge >= 0.3 is 0 Å². The number of halogens is 2. The number of fused-ring (bicyclic) bond motifs is 1. The molecule has 0 aromatic heterocycles. The van der Waals surface area contributed by atoms with Gasteiger partial charge in [0.05, 0.1) is 0 Å². The summed E-state index contributed by atoms with van der Waals surface area (Å²) >= 11 is 0. The molecule has 20 heavy (non-hydrogen) atoms. The number of hydrogen-bond donors (Lipinski definition) is 1. The zero-order valence-corrected chi connectivity index (χ0v) is 12.0. The van der Waals surface area contributed by atoms with Crippen LogP contribution >= 0.6 is 0 Å². The monoisotopic (exact) mass is 283 g/mol. The molecular weight excluding hydrogens is 260 g/mol. The van der Waals surface area contributed by atoms with Gasteiger partial charge in [-0.15, -0.1) is 0 Å². The first-order valence-electron chi connectivity index (χ1n) is 7.41. The minimum absolute atomic E-state index is 0.184. The molecule has 1 atom stereocenters. The Labute approximate surface area is 119 Å². The van der Waals surface area contributed by atoms with E-state index in [1.807, 2.05) is 0 Å². The Bertz CT molecular complexity index is 423. The number of nitrogens with one attached hydrogen (secondary N) is 1. The second-order valence-electron chi connectivity index (χ2n) is 5.25. The van der Waals surface area contributed by atoms with E-state index in [0.717, 1.165) is 19.4 Å². The third kappa shape index (κ3) is 4.25. The molecule has 0 radical (unpaired) electrons. The lowest BCUT2D eigenvalue weighted by atomic mass is 9.99. The van der Waals surface area contributed by atoms with Crippen LogP contribution in [-0.4, -0.2) is 26.2 Å². The van der Waals surface area contributed by atoms with Crippen molar-refractivity contribution >= 4 is 0 Å². The van der Waals surface area contributed by atoms with Crippen molar-refractivity contribution in [3.05, 3.63) is 34.9 Å². The van der Waals surface area contributed by atoms with Crippen LogP contribution < -0.4 is 5.32 Å². The van der Waals surface area contributed by atoms with E-state index in [2.05, 4.69) is 30.4 Å². The summed E-state index contributed by atoms with van der Waals surface area (Å²) in [4.78, 5) is 0. The molecule has 2 nitrogen and oxygen atoms in total. The number of hydrogen-bond acceptors (Lipinski definition) is 2. The SMILES string of the molecule is CCNC(CCOCC(F)F)c1ccc2c(c1)CCC2. The van der Waals surface area contributed by atoms with Gasteiger partial charge in [0.1, 0.15) is 6.61 Å². The van der Waals surface area contributed by atoms with Crippen molar-refractivity contribution in [3.8, 4) is 0 Å². The Balaban J connectivity index is 1.93. The summed E-state index contributed by atoms with van der Waals surface area (Å²) in [5.74, 6) is 0. The van der Waals surface area contributed by atoms with Crippen molar-refractivity contribution < 1.29 is 13.5 Å². The third-order valence-electron chi connectivity index (χ3n) is 3.77. The molecule has 112 valence electrons. The second kappa shape index (κ2) is 7.70. The molecular formula is C16H23F2NO. The maximum absolute atomic E-state index is 12.0.